The highest BCUT2D eigenvalue weighted by Crippen LogP contribution is 2.63. The molecule has 1 aromatic heterocycles. The summed E-state index contributed by atoms with van der Waals surface area (Å²) in [6, 6.07) is 64.0. The van der Waals surface area contributed by atoms with Gasteiger partial charge >= 0.3 is 0 Å². The number of furan rings is 1. The van der Waals surface area contributed by atoms with E-state index in [1.165, 1.54) is 33.4 Å². The molecule has 0 fully saturated rings. The molecule has 12 rings (SSSR count). The Morgan fingerprint density at radius 1 is 0.404 bits per heavy atom. The van der Waals surface area contributed by atoms with Crippen LogP contribution in [0.5, 0.6) is 0 Å². The second-order valence-corrected chi connectivity index (χ2v) is 14.9. The van der Waals surface area contributed by atoms with Crippen LogP contribution in [0.1, 0.15) is 27.7 Å². The van der Waals surface area contributed by atoms with Crippen LogP contribution in [0.2, 0.25) is 0 Å². The van der Waals surface area contributed by atoms with Crippen LogP contribution >= 0.6 is 0 Å². The van der Waals surface area contributed by atoms with Crippen molar-refractivity contribution in [2.75, 3.05) is 4.90 Å². The Kier molecular flexibility index (Phi) is 6.05. The Morgan fingerprint density at radius 2 is 0.947 bits per heavy atom. The van der Waals surface area contributed by atoms with Crippen LogP contribution in [-0.4, -0.2) is 0 Å². The van der Waals surface area contributed by atoms with Gasteiger partial charge in [0.15, 0.2) is 0 Å². The lowest BCUT2D eigenvalue weighted by Gasteiger charge is -2.31. The molecule has 9 aromatic carbocycles. The number of para-hydroxylation sites is 2. The maximum atomic E-state index is 9.77. The number of anilines is 3. The third kappa shape index (κ3) is 4.53. The third-order valence-corrected chi connectivity index (χ3v) is 12.0. The van der Waals surface area contributed by atoms with Crippen molar-refractivity contribution < 1.29 is 9.90 Å². The molecule has 0 amide bonds. The first-order chi connectivity index (χ1) is 29.9. The van der Waals surface area contributed by atoms with Crippen molar-refractivity contribution in [2.45, 2.75) is 5.41 Å². The van der Waals surface area contributed by atoms with Crippen LogP contribution in [-0.2, 0) is 5.41 Å². The van der Waals surface area contributed by atoms with E-state index in [9.17, 15) is 2.74 Å². The molecule has 10 aromatic rings. The molecule has 0 radical (unpaired) electrons. The van der Waals surface area contributed by atoms with E-state index >= 15 is 0 Å². The average molecular weight is 730 g/mol. The first-order valence-electron chi connectivity index (χ1n) is 21.4. The summed E-state index contributed by atoms with van der Waals surface area (Å²) in [5.41, 5.74) is 15.5. The number of hydrogen-bond donors (Lipinski definition) is 0. The monoisotopic (exact) mass is 729 g/mol. The first kappa shape index (κ1) is 28.1. The molecule has 2 heteroatoms. The van der Waals surface area contributed by atoms with Gasteiger partial charge in [0.05, 0.1) is 16.6 Å². The van der Waals surface area contributed by atoms with Crippen LogP contribution in [0.25, 0.3) is 66.4 Å². The summed E-state index contributed by atoms with van der Waals surface area (Å²) >= 11 is 0. The van der Waals surface area contributed by atoms with Gasteiger partial charge in [-0.3, -0.25) is 0 Å². The number of fused-ring (bicyclic) bond motifs is 13. The number of rotatable bonds is 5. The Balaban J connectivity index is 1.16. The summed E-state index contributed by atoms with van der Waals surface area (Å²) in [7, 11) is 0. The summed E-state index contributed by atoms with van der Waals surface area (Å²) in [5, 5.41) is 1.67. The minimum Gasteiger partial charge on any atom is -0.456 e. The highest BCUT2D eigenvalue weighted by molar-refractivity contribution is 6.14. The molecule has 2 nitrogen and oxygen atoms in total. The fourth-order valence-corrected chi connectivity index (χ4v) is 9.72. The molecule has 1 heterocycles. The molecule has 266 valence electrons. The first-order valence-corrected chi connectivity index (χ1v) is 19.4. The van der Waals surface area contributed by atoms with Crippen LogP contribution in [0.3, 0.4) is 0 Å². The summed E-state index contributed by atoms with van der Waals surface area (Å²) < 4.78 is 43.9. The molecule has 2 aliphatic carbocycles. The van der Waals surface area contributed by atoms with E-state index in [2.05, 4.69) is 115 Å². The minimum absolute atomic E-state index is 0.121. The zero-order chi connectivity index (χ0) is 41.0. The second-order valence-electron chi connectivity index (χ2n) is 14.9. The summed E-state index contributed by atoms with van der Waals surface area (Å²) in [6.07, 6.45) is 0. The lowest BCUT2D eigenvalue weighted by Crippen LogP contribution is -2.25. The highest BCUT2D eigenvalue weighted by atomic mass is 16.3. The normalized spacial score (nSPS) is 14.0. The standard InChI is InChI=1S/C55H35NO/c1-2-15-36(16-3-1)37-29-31-38(32-30-37)56(51-26-12-7-20-43(51)44-22-14-28-53-54(44)45-21-8-13-27-52(45)57-53)39-33-34-50-46(35-39)42-19-6-11-25-49(42)55(50)47-23-9-4-17-40(47)41-18-5-10-24-48(41)55/h1-35H/i7D,12D,20D,26D. The van der Waals surface area contributed by atoms with Crippen molar-refractivity contribution in [3.63, 3.8) is 0 Å². The fraction of sp³-hybridized carbons (Fsp3) is 0.0182. The average Bonchev–Trinajstić information content (AvgIpc) is 3.95. The number of benzene rings is 9. The summed E-state index contributed by atoms with van der Waals surface area (Å²) in [5.74, 6) is 0. The third-order valence-electron chi connectivity index (χ3n) is 12.0. The van der Waals surface area contributed by atoms with Crippen LogP contribution < -0.4 is 4.90 Å². The highest BCUT2D eigenvalue weighted by Gasteiger charge is 2.51. The number of nitrogens with zero attached hydrogens (tertiary/aromatic N) is 1. The van der Waals surface area contributed by atoms with E-state index in [-0.39, 0.29) is 24.2 Å². The zero-order valence-corrected chi connectivity index (χ0v) is 30.8. The van der Waals surface area contributed by atoms with Crippen LogP contribution in [0.15, 0.2) is 217 Å². The van der Waals surface area contributed by atoms with Gasteiger partial charge in [0, 0.05) is 27.7 Å². The Morgan fingerprint density at radius 3 is 1.68 bits per heavy atom. The molecule has 57 heavy (non-hydrogen) atoms. The SMILES string of the molecule is [2H]c1c([2H])c([2H])c(N(c2ccc(-c3ccccc3)cc2)c2ccc3c(c2)-c2ccccc2C32c3ccccc3-c3ccccc32)c(-c2cccc3oc4ccccc4c23)c1[2H]. The van der Waals surface area contributed by atoms with Crippen LogP contribution in [0.4, 0.5) is 17.1 Å². The van der Waals surface area contributed by atoms with Crippen molar-refractivity contribution in [1.82, 2.24) is 0 Å². The van der Waals surface area contributed by atoms with E-state index < -0.39 is 5.41 Å². The predicted molar refractivity (Wildman–Crippen MR) is 236 cm³/mol. The smallest absolute Gasteiger partial charge is 0.136 e. The molecule has 0 N–H and O–H groups in total. The largest absolute Gasteiger partial charge is 0.456 e. The second kappa shape index (κ2) is 12.3. The van der Waals surface area contributed by atoms with Gasteiger partial charge in [-0.05, 0) is 104 Å². The molecule has 1 spiro atoms. The summed E-state index contributed by atoms with van der Waals surface area (Å²) in [4.78, 5) is 2.02. The lowest BCUT2D eigenvalue weighted by atomic mass is 9.70. The summed E-state index contributed by atoms with van der Waals surface area (Å²) in [6.45, 7) is 0. The quantitative estimate of drug-likeness (QED) is 0.175. The van der Waals surface area contributed by atoms with Crippen molar-refractivity contribution in [3.05, 3.63) is 234 Å². The molecule has 0 bridgehead atoms. The van der Waals surface area contributed by atoms with E-state index in [0.717, 1.165) is 44.4 Å². The van der Waals surface area contributed by atoms with Crippen molar-refractivity contribution in [3.8, 4) is 44.5 Å². The predicted octanol–water partition coefficient (Wildman–Crippen LogP) is 14.7. The molecule has 0 atom stereocenters. The molecule has 0 unspecified atom stereocenters. The fourth-order valence-electron chi connectivity index (χ4n) is 9.72. The Labute approximate surface area is 337 Å². The maximum Gasteiger partial charge on any atom is 0.136 e. The van der Waals surface area contributed by atoms with Gasteiger partial charge in [-0.25, -0.2) is 0 Å². The van der Waals surface area contributed by atoms with Gasteiger partial charge in [-0.2, -0.15) is 0 Å². The van der Waals surface area contributed by atoms with E-state index in [1.807, 2.05) is 77.7 Å². The Bertz CT molecular complexity index is 3380. The van der Waals surface area contributed by atoms with Crippen molar-refractivity contribution >= 4 is 39.0 Å². The van der Waals surface area contributed by atoms with Crippen molar-refractivity contribution in [1.29, 1.82) is 0 Å². The van der Waals surface area contributed by atoms with E-state index in [0.29, 0.717) is 28.0 Å². The zero-order valence-electron chi connectivity index (χ0n) is 34.8. The molecule has 0 saturated heterocycles. The number of hydrogen-bond acceptors (Lipinski definition) is 2. The van der Waals surface area contributed by atoms with Gasteiger partial charge in [0.1, 0.15) is 11.2 Å². The minimum atomic E-state index is -0.529. The van der Waals surface area contributed by atoms with E-state index in [1.54, 1.807) is 0 Å². The van der Waals surface area contributed by atoms with Crippen molar-refractivity contribution in [2.24, 2.45) is 0 Å². The molecular formula is C55H35NO. The van der Waals surface area contributed by atoms with Gasteiger partial charge in [-0.15, -0.1) is 0 Å². The molecular weight excluding hydrogens is 691 g/mol. The topological polar surface area (TPSA) is 16.4 Å². The lowest BCUT2D eigenvalue weighted by molar-refractivity contribution is 0.669. The maximum absolute atomic E-state index is 9.77. The molecule has 0 saturated carbocycles. The Hall–Kier alpha value is -7.42. The van der Waals surface area contributed by atoms with Gasteiger partial charge in [-0.1, -0.05) is 170 Å². The molecule has 0 aliphatic heterocycles. The van der Waals surface area contributed by atoms with Gasteiger partial charge in [0.25, 0.3) is 0 Å². The molecule has 2 aliphatic rings. The van der Waals surface area contributed by atoms with Gasteiger partial charge in [0.2, 0.25) is 0 Å². The van der Waals surface area contributed by atoms with E-state index in [4.69, 9.17) is 7.16 Å². The van der Waals surface area contributed by atoms with Crippen LogP contribution in [0, 0.1) is 0 Å². The van der Waals surface area contributed by atoms with Gasteiger partial charge < -0.3 is 9.32 Å².